The topological polar surface area (TPSA) is 58.6 Å². The van der Waals surface area contributed by atoms with Crippen LogP contribution in [-0.2, 0) is 4.79 Å². The van der Waals surface area contributed by atoms with E-state index in [0.717, 1.165) is 23.3 Å². The lowest BCUT2D eigenvalue weighted by Gasteiger charge is -2.15. The highest BCUT2D eigenvalue weighted by Crippen LogP contribution is 2.21. The van der Waals surface area contributed by atoms with E-state index in [1.807, 2.05) is 32.0 Å². The second kappa shape index (κ2) is 8.59. The maximum atomic E-state index is 11.8. The number of carbonyl (C=O) groups is 1. The van der Waals surface area contributed by atoms with Crippen LogP contribution < -0.4 is 10.1 Å². The van der Waals surface area contributed by atoms with Crippen LogP contribution >= 0.6 is 0 Å². The number of hydrogen-bond acceptors (Lipinski definition) is 3. The molecule has 0 bridgehead atoms. The molecule has 1 unspecified atom stereocenters. The van der Waals surface area contributed by atoms with E-state index in [-0.39, 0.29) is 19.1 Å². The van der Waals surface area contributed by atoms with Crippen LogP contribution in [0.2, 0.25) is 0 Å². The van der Waals surface area contributed by atoms with E-state index >= 15 is 0 Å². The number of benzene rings is 1. The van der Waals surface area contributed by atoms with Crippen molar-refractivity contribution in [2.45, 2.75) is 33.6 Å². The average Bonchev–Trinajstić information content (AvgIpc) is 2.42. The minimum Gasteiger partial charge on any atom is -0.483 e. The summed E-state index contributed by atoms with van der Waals surface area (Å²) < 4.78 is 5.59. The summed E-state index contributed by atoms with van der Waals surface area (Å²) >= 11 is 0. The van der Waals surface area contributed by atoms with Crippen LogP contribution in [0.5, 0.6) is 5.75 Å². The van der Waals surface area contributed by atoms with Crippen molar-refractivity contribution in [1.82, 2.24) is 5.32 Å². The van der Waals surface area contributed by atoms with E-state index in [9.17, 15) is 4.79 Å². The Kier molecular flexibility index (Phi) is 7.09. The first kappa shape index (κ1) is 16.5. The predicted octanol–water partition coefficient (Wildman–Crippen LogP) is 2.21. The summed E-state index contributed by atoms with van der Waals surface area (Å²) in [6, 6.07) is 5.90. The first-order valence-corrected chi connectivity index (χ1v) is 7.15. The molecule has 2 N–H and O–H groups in total. The fourth-order valence-corrected chi connectivity index (χ4v) is 2.11. The van der Waals surface area contributed by atoms with Crippen molar-refractivity contribution < 1.29 is 14.6 Å². The summed E-state index contributed by atoms with van der Waals surface area (Å²) in [5.74, 6) is 0.984. The van der Waals surface area contributed by atoms with Gasteiger partial charge in [0.25, 0.3) is 5.91 Å². The van der Waals surface area contributed by atoms with Crippen LogP contribution in [0.4, 0.5) is 0 Å². The molecule has 0 radical (unpaired) electrons. The molecule has 112 valence electrons. The molecule has 0 spiro atoms. The Hall–Kier alpha value is -1.55. The minimum absolute atomic E-state index is 0.0290. The lowest BCUT2D eigenvalue weighted by atomic mass is 10.0. The summed E-state index contributed by atoms with van der Waals surface area (Å²) in [5, 5.41) is 11.8. The molecule has 1 rings (SSSR count). The molecule has 0 aromatic heterocycles. The van der Waals surface area contributed by atoms with Crippen molar-refractivity contribution >= 4 is 5.91 Å². The van der Waals surface area contributed by atoms with Crippen LogP contribution in [0, 0.1) is 19.8 Å². The number of carbonyl (C=O) groups excluding carboxylic acids is 1. The Bertz CT molecular complexity index is 411. The number of amides is 1. The van der Waals surface area contributed by atoms with Gasteiger partial charge >= 0.3 is 0 Å². The Balaban J connectivity index is 2.40. The Morgan fingerprint density at radius 3 is 2.55 bits per heavy atom. The van der Waals surface area contributed by atoms with Crippen molar-refractivity contribution in [3.63, 3.8) is 0 Å². The fourth-order valence-electron chi connectivity index (χ4n) is 2.11. The van der Waals surface area contributed by atoms with Crippen LogP contribution in [0.25, 0.3) is 0 Å². The first-order valence-electron chi connectivity index (χ1n) is 7.15. The van der Waals surface area contributed by atoms with Crippen LogP contribution in [0.15, 0.2) is 18.2 Å². The fraction of sp³-hybridized carbons (Fsp3) is 0.562. The molecule has 4 nitrogen and oxygen atoms in total. The standard InChI is InChI=1S/C16H25NO3/c1-4-14(8-9-18)10-17-15(19)11-20-16-12(2)6-5-7-13(16)3/h5-7,14,18H,4,8-11H2,1-3H3,(H,17,19). The number of nitrogens with one attached hydrogen (secondary N) is 1. The molecule has 0 heterocycles. The number of rotatable bonds is 8. The predicted molar refractivity (Wildman–Crippen MR) is 79.9 cm³/mol. The largest absolute Gasteiger partial charge is 0.483 e. The van der Waals surface area contributed by atoms with Gasteiger partial charge in [0.2, 0.25) is 0 Å². The highest BCUT2D eigenvalue weighted by Gasteiger charge is 2.10. The molecular weight excluding hydrogens is 254 g/mol. The summed E-state index contributed by atoms with van der Waals surface area (Å²) in [5.41, 5.74) is 2.06. The van der Waals surface area contributed by atoms with Crippen LogP contribution in [0.1, 0.15) is 30.9 Å². The molecule has 1 amide bonds. The second-order valence-corrected chi connectivity index (χ2v) is 5.10. The van der Waals surface area contributed by atoms with Gasteiger partial charge in [-0.05, 0) is 37.3 Å². The molecule has 1 aromatic carbocycles. The monoisotopic (exact) mass is 279 g/mol. The van der Waals surface area contributed by atoms with Gasteiger partial charge in [-0.25, -0.2) is 0 Å². The van der Waals surface area contributed by atoms with Gasteiger partial charge in [-0.3, -0.25) is 4.79 Å². The Morgan fingerprint density at radius 2 is 2.00 bits per heavy atom. The van der Waals surface area contributed by atoms with Gasteiger partial charge in [-0.1, -0.05) is 31.5 Å². The van der Waals surface area contributed by atoms with Gasteiger partial charge in [0, 0.05) is 13.2 Å². The molecule has 0 aliphatic rings. The zero-order chi connectivity index (χ0) is 15.0. The van der Waals surface area contributed by atoms with Crippen molar-refractivity contribution in [3.8, 4) is 5.75 Å². The molecule has 1 atom stereocenters. The molecule has 4 heteroatoms. The maximum absolute atomic E-state index is 11.8. The molecule has 0 saturated heterocycles. The number of aryl methyl sites for hydroxylation is 2. The van der Waals surface area contributed by atoms with Crippen LogP contribution in [-0.4, -0.2) is 30.8 Å². The molecule has 0 aliphatic heterocycles. The highest BCUT2D eigenvalue weighted by molar-refractivity contribution is 5.77. The normalized spacial score (nSPS) is 12.0. The number of hydrogen-bond donors (Lipinski definition) is 2. The summed E-state index contributed by atoms with van der Waals surface area (Å²) in [6.07, 6.45) is 1.66. The average molecular weight is 279 g/mol. The summed E-state index contributed by atoms with van der Waals surface area (Å²) in [7, 11) is 0. The lowest BCUT2D eigenvalue weighted by Crippen LogP contribution is -2.33. The minimum atomic E-state index is -0.121. The van der Waals surface area contributed by atoms with E-state index in [0.29, 0.717) is 18.9 Å². The number of aliphatic hydroxyl groups is 1. The van der Waals surface area contributed by atoms with E-state index in [4.69, 9.17) is 9.84 Å². The summed E-state index contributed by atoms with van der Waals surface area (Å²) in [6.45, 7) is 6.77. The van der Waals surface area contributed by atoms with Gasteiger partial charge in [0.05, 0.1) is 0 Å². The zero-order valence-corrected chi connectivity index (χ0v) is 12.6. The second-order valence-electron chi connectivity index (χ2n) is 5.10. The quantitative estimate of drug-likeness (QED) is 0.767. The van der Waals surface area contributed by atoms with Gasteiger partial charge in [-0.2, -0.15) is 0 Å². The summed E-state index contributed by atoms with van der Waals surface area (Å²) in [4.78, 5) is 11.8. The first-order chi connectivity index (χ1) is 9.58. The van der Waals surface area contributed by atoms with E-state index in [1.54, 1.807) is 0 Å². The van der Waals surface area contributed by atoms with E-state index in [1.165, 1.54) is 0 Å². The number of para-hydroxylation sites is 1. The van der Waals surface area contributed by atoms with Gasteiger partial charge in [-0.15, -0.1) is 0 Å². The van der Waals surface area contributed by atoms with Crippen molar-refractivity contribution in [2.24, 2.45) is 5.92 Å². The van der Waals surface area contributed by atoms with Crippen molar-refractivity contribution in [3.05, 3.63) is 29.3 Å². The van der Waals surface area contributed by atoms with Gasteiger partial charge in [0.15, 0.2) is 6.61 Å². The lowest BCUT2D eigenvalue weighted by molar-refractivity contribution is -0.123. The molecule has 0 aliphatic carbocycles. The Labute approximate surface area is 121 Å². The third kappa shape index (κ3) is 5.21. The smallest absolute Gasteiger partial charge is 0.257 e. The van der Waals surface area contributed by atoms with E-state index in [2.05, 4.69) is 12.2 Å². The zero-order valence-electron chi connectivity index (χ0n) is 12.6. The molecule has 0 fully saturated rings. The van der Waals surface area contributed by atoms with Crippen molar-refractivity contribution in [1.29, 1.82) is 0 Å². The third-order valence-electron chi connectivity index (χ3n) is 3.46. The highest BCUT2D eigenvalue weighted by atomic mass is 16.5. The molecule has 1 aromatic rings. The molecule has 20 heavy (non-hydrogen) atoms. The van der Waals surface area contributed by atoms with Crippen molar-refractivity contribution in [2.75, 3.05) is 19.8 Å². The van der Waals surface area contributed by atoms with E-state index < -0.39 is 0 Å². The SMILES string of the molecule is CCC(CCO)CNC(=O)COc1c(C)cccc1C. The maximum Gasteiger partial charge on any atom is 0.257 e. The van der Waals surface area contributed by atoms with Gasteiger partial charge in [0.1, 0.15) is 5.75 Å². The number of ether oxygens (including phenoxy) is 1. The number of aliphatic hydroxyl groups excluding tert-OH is 1. The third-order valence-corrected chi connectivity index (χ3v) is 3.46. The van der Waals surface area contributed by atoms with Gasteiger partial charge < -0.3 is 15.2 Å². The molecule has 0 saturated carbocycles. The van der Waals surface area contributed by atoms with Crippen LogP contribution in [0.3, 0.4) is 0 Å². The Morgan fingerprint density at radius 1 is 1.35 bits per heavy atom. The molecular formula is C16H25NO3.